The molecule has 1 aliphatic carbocycles. The number of aromatic amines is 1. The number of hydrogen-bond donors (Lipinski definition) is 1. The summed E-state index contributed by atoms with van der Waals surface area (Å²) in [6.45, 7) is 2.37. The number of aromatic nitrogens is 3. The van der Waals surface area contributed by atoms with Crippen LogP contribution in [0.5, 0.6) is 0 Å². The number of amides is 1. The number of fused-ring (bicyclic) bond motifs is 3. The van der Waals surface area contributed by atoms with Gasteiger partial charge in [-0.2, -0.15) is 0 Å². The van der Waals surface area contributed by atoms with E-state index in [-0.39, 0.29) is 23.3 Å². The summed E-state index contributed by atoms with van der Waals surface area (Å²) >= 11 is 0. The molecule has 5 rings (SSSR count). The lowest BCUT2D eigenvalue weighted by molar-refractivity contribution is -0.140. The molecule has 1 aromatic carbocycles. The minimum Gasteiger partial charge on any atom is -0.378 e. The van der Waals surface area contributed by atoms with Crippen molar-refractivity contribution in [1.82, 2.24) is 19.3 Å². The third-order valence-electron chi connectivity index (χ3n) is 5.83. The molecule has 1 saturated heterocycles. The van der Waals surface area contributed by atoms with Crippen LogP contribution in [0.15, 0.2) is 35.3 Å². The zero-order valence-electron chi connectivity index (χ0n) is 15.9. The third-order valence-corrected chi connectivity index (χ3v) is 5.83. The SMILES string of the molecule is O=C(C1CCc2[nH]c(=O)n3cc(-c4ccccc4F)nc3c2C1)N1CCOCC1. The van der Waals surface area contributed by atoms with Crippen LogP contribution >= 0.6 is 0 Å². The van der Waals surface area contributed by atoms with Gasteiger partial charge in [0, 0.05) is 42.0 Å². The molecule has 1 amide bonds. The molecule has 2 aromatic heterocycles. The van der Waals surface area contributed by atoms with Crippen LogP contribution in [0.2, 0.25) is 0 Å². The molecule has 1 fully saturated rings. The van der Waals surface area contributed by atoms with E-state index in [0.29, 0.717) is 62.5 Å². The molecule has 1 aliphatic heterocycles. The van der Waals surface area contributed by atoms with Gasteiger partial charge in [0.15, 0.2) is 0 Å². The van der Waals surface area contributed by atoms with Gasteiger partial charge in [0.2, 0.25) is 5.91 Å². The Balaban J connectivity index is 1.54. The molecule has 1 atom stereocenters. The molecule has 2 aliphatic rings. The summed E-state index contributed by atoms with van der Waals surface area (Å²) in [6, 6.07) is 6.36. The number of nitrogens with zero attached hydrogens (tertiary/aromatic N) is 3. The predicted octanol–water partition coefficient (Wildman–Crippen LogP) is 1.79. The first-order valence-corrected chi connectivity index (χ1v) is 9.86. The quantitative estimate of drug-likeness (QED) is 0.716. The van der Waals surface area contributed by atoms with Crippen molar-refractivity contribution in [2.24, 2.45) is 5.92 Å². The van der Waals surface area contributed by atoms with E-state index in [9.17, 15) is 14.0 Å². The Bertz CT molecular complexity index is 1150. The number of ether oxygens (including phenoxy) is 1. The lowest BCUT2D eigenvalue weighted by Gasteiger charge is -2.32. The fraction of sp³-hybridized carbons (Fsp3) is 0.381. The van der Waals surface area contributed by atoms with Crippen LogP contribution in [0.25, 0.3) is 16.9 Å². The highest BCUT2D eigenvalue weighted by Crippen LogP contribution is 2.30. The van der Waals surface area contributed by atoms with Gasteiger partial charge in [0.25, 0.3) is 0 Å². The second kappa shape index (κ2) is 7.11. The first kappa shape index (κ1) is 18.1. The van der Waals surface area contributed by atoms with Crippen LogP contribution in [0.1, 0.15) is 17.7 Å². The van der Waals surface area contributed by atoms with Crippen LogP contribution in [0, 0.1) is 11.7 Å². The normalized spacial score (nSPS) is 19.3. The lowest BCUT2D eigenvalue weighted by atomic mass is 9.86. The van der Waals surface area contributed by atoms with E-state index in [0.717, 1.165) is 11.3 Å². The molecule has 1 unspecified atom stereocenters. The smallest absolute Gasteiger partial charge is 0.331 e. The van der Waals surface area contributed by atoms with Gasteiger partial charge in [-0.25, -0.2) is 14.2 Å². The number of hydrogen-bond acceptors (Lipinski definition) is 4. The first-order valence-electron chi connectivity index (χ1n) is 9.86. The van der Waals surface area contributed by atoms with Crippen LogP contribution in [0.4, 0.5) is 4.39 Å². The molecule has 7 nitrogen and oxygen atoms in total. The Morgan fingerprint density at radius 1 is 1.24 bits per heavy atom. The fourth-order valence-electron chi connectivity index (χ4n) is 4.29. The molecule has 0 radical (unpaired) electrons. The maximum absolute atomic E-state index is 14.2. The van der Waals surface area contributed by atoms with Crippen molar-refractivity contribution in [3.05, 3.63) is 58.0 Å². The fourth-order valence-corrected chi connectivity index (χ4v) is 4.29. The molecule has 3 aromatic rings. The van der Waals surface area contributed by atoms with Crippen molar-refractivity contribution in [2.75, 3.05) is 26.3 Å². The Kier molecular flexibility index (Phi) is 4.43. The highest BCUT2D eigenvalue weighted by Gasteiger charge is 2.31. The van der Waals surface area contributed by atoms with Crippen LogP contribution in [-0.2, 0) is 22.4 Å². The number of morpholine rings is 1. The summed E-state index contributed by atoms with van der Waals surface area (Å²) in [5.74, 6) is -0.408. The van der Waals surface area contributed by atoms with Crippen molar-refractivity contribution < 1.29 is 13.9 Å². The van der Waals surface area contributed by atoms with E-state index >= 15 is 0 Å². The molecule has 1 N–H and O–H groups in total. The number of rotatable bonds is 2. The minimum atomic E-state index is -0.387. The van der Waals surface area contributed by atoms with Crippen LogP contribution in [0.3, 0.4) is 0 Å². The van der Waals surface area contributed by atoms with E-state index in [2.05, 4.69) is 9.97 Å². The standard InChI is InChI=1S/C21H21FN4O3/c22-16-4-2-1-3-14(16)18-12-26-19(23-18)15-11-13(5-6-17(15)24-21(26)28)20(27)25-7-9-29-10-8-25/h1-4,12-13H,5-11H2,(H,24,28). The summed E-state index contributed by atoms with van der Waals surface area (Å²) in [4.78, 5) is 34.8. The molecular formula is C21H21FN4O3. The number of carbonyl (C=O) groups is 1. The minimum absolute atomic E-state index is 0.129. The zero-order valence-corrected chi connectivity index (χ0v) is 15.9. The number of H-pyrrole nitrogens is 1. The molecule has 0 saturated carbocycles. The number of benzene rings is 1. The van der Waals surface area contributed by atoms with Gasteiger partial charge in [-0.3, -0.25) is 9.20 Å². The van der Waals surface area contributed by atoms with E-state index in [1.807, 2.05) is 4.90 Å². The molecule has 3 heterocycles. The third kappa shape index (κ3) is 3.13. The lowest BCUT2D eigenvalue weighted by Crippen LogP contribution is -2.45. The average Bonchev–Trinajstić information content (AvgIpc) is 3.20. The molecule has 29 heavy (non-hydrogen) atoms. The zero-order chi connectivity index (χ0) is 20.0. The van der Waals surface area contributed by atoms with Crippen molar-refractivity contribution in [3.8, 4) is 11.3 Å². The van der Waals surface area contributed by atoms with Gasteiger partial charge in [-0.1, -0.05) is 12.1 Å². The van der Waals surface area contributed by atoms with Gasteiger partial charge in [0.1, 0.15) is 11.5 Å². The number of nitrogens with one attached hydrogen (secondary N) is 1. The monoisotopic (exact) mass is 396 g/mol. The van der Waals surface area contributed by atoms with E-state index in [1.165, 1.54) is 10.5 Å². The number of imidazole rings is 1. The summed E-state index contributed by atoms with van der Waals surface area (Å²) in [5.41, 5.74) is 2.64. The summed E-state index contributed by atoms with van der Waals surface area (Å²) in [6.07, 6.45) is 3.37. The summed E-state index contributed by atoms with van der Waals surface area (Å²) < 4.78 is 21.0. The van der Waals surface area contributed by atoms with Gasteiger partial charge in [-0.15, -0.1) is 0 Å². The summed E-state index contributed by atoms with van der Waals surface area (Å²) in [5, 5.41) is 0. The maximum Gasteiger partial charge on any atom is 0.331 e. The van der Waals surface area contributed by atoms with Crippen molar-refractivity contribution in [3.63, 3.8) is 0 Å². The van der Waals surface area contributed by atoms with Gasteiger partial charge in [0.05, 0.1) is 18.9 Å². The molecule has 0 spiro atoms. The Hall–Kier alpha value is -3.00. The highest BCUT2D eigenvalue weighted by atomic mass is 19.1. The van der Waals surface area contributed by atoms with Crippen LogP contribution < -0.4 is 5.69 Å². The predicted molar refractivity (Wildman–Crippen MR) is 104 cm³/mol. The van der Waals surface area contributed by atoms with Gasteiger partial charge >= 0.3 is 5.69 Å². The van der Waals surface area contributed by atoms with Crippen LogP contribution in [-0.4, -0.2) is 51.5 Å². The maximum atomic E-state index is 14.2. The van der Waals surface area contributed by atoms with Gasteiger partial charge in [-0.05, 0) is 31.4 Å². The van der Waals surface area contributed by atoms with E-state index in [1.54, 1.807) is 24.4 Å². The first-order chi connectivity index (χ1) is 14.1. The Morgan fingerprint density at radius 3 is 2.83 bits per heavy atom. The Morgan fingerprint density at radius 2 is 2.03 bits per heavy atom. The summed E-state index contributed by atoms with van der Waals surface area (Å²) in [7, 11) is 0. The number of aryl methyl sites for hydroxylation is 1. The molecular weight excluding hydrogens is 375 g/mol. The number of halogens is 1. The molecule has 0 bridgehead atoms. The average molecular weight is 396 g/mol. The molecule has 8 heteroatoms. The van der Waals surface area contributed by atoms with E-state index in [4.69, 9.17) is 4.74 Å². The number of carbonyl (C=O) groups excluding carboxylic acids is 1. The second-order valence-corrected chi connectivity index (χ2v) is 7.56. The van der Waals surface area contributed by atoms with E-state index < -0.39 is 0 Å². The largest absolute Gasteiger partial charge is 0.378 e. The molecule has 150 valence electrons. The Labute approximate surface area is 166 Å². The van der Waals surface area contributed by atoms with Crippen molar-refractivity contribution >= 4 is 11.6 Å². The van der Waals surface area contributed by atoms with Gasteiger partial charge < -0.3 is 14.6 Å². The highest BCUT2D eigenvalue weighted by molar-refractivity contribution is 5.80. The van der Waals surface area contributed by atoms with Crippen molar-refractivity contribution in [2.45, 2.75) is 19.3 Å². The second-order valence-electron chi connectivity index (χ2n) is 7.56. The topological polar surface area (TPSA) is 79.7 Å². The van der Waals surface area contributed by atoms with Crippen molar-refractivity contribution in [1.29, 1.82) is 0 Å².